The number of nitro groups is 1. The quantitative estimate of drug-likeness (QED) is 0.156. The Labute approximate surface area is 226 Å². The molecule has 0 saturated carbocycles. The molecule has 0 atom stereocenters. The Bertz CT molecular complexity index is 1410. The Morgan fingerprint density at radius 3 is 2.51 bits per heavy atom. The number of hydrogen-bond donors (Lipinski definition) is 0. The highest BCUT2D eigenvalue weighted by Gasteiger charge is 2.35. The van der Waals surface area contributed by atoms with Crippen LogP contribution in [0.4, 0.5) is 10.5 Å². The van der Waals surface area contributed by atoms with Crippen molar-refractivity contribution in [1.29, 1.82) is 0 Å². The third-order valence-corrected chi connectivity index (χ3v) is 6.85. The van der Waals surface area contributed by atoms with Crippen molar-refractivity contribution in [3.8, 4) is 11.5 Å². The van der Waals surface area contributed by atoms with Gasteiger partial charge in [-0.1, -0.05) is 47.5 Å². The summed E-state index contributed by atoms with van der Waals surface area (Å²) >= 11 is 13.0. The van der Waals surface area contributed by atoms with Crippen molar-refractivity contribution in [1.82, 2.24) is 4.90 Å². The summed E-state index contributed by atoms with van der Waals surface area (Å²) in [5, 5.41) is 11.7. The van der Waals surface area contributed by atoms with E-state index in [0.717, 1.165) is 16.7 Å². The van der Waals surface area contributed by atoms with Gasteiger partial charge in [-0.15, -0.1) is 0 Å². The van der Waals surface area contributed by atoms with Gasteiger partial charge in [-0.25, -0.2) is 0 Å². The molecule has 0 N–H and O–H groups in total. The maximum Gasteiger partial charge on any atom is 0.293 e. The molecule has 0 radical (unpaired) electrons. The number of hydrogen-bond acceptors (Lipinski definition) is 7. The number of imide groups is 1. The van der Waals surface area contributed by atoms with Crippen molar-refractivity contribution >= 4 is 57.9 Å². The molecule has 3 aromatic carbocycles. The van der Waals surface area contributed by atoms with Gasteiger partial charge in [-0.2, -0.15) is 0 Å². The fourth-order valence-corrected chi connectivity index (χ4v) is 4.88. The molecule has 8 nitrogen and oxygen atoms in total. The van der Waals surface area contributed by atoms with Gasteiger partial charge < -0.3 is 9.47 Å². The smallest absolute Gasteiger partial charge is 0.293 e. The van der Waals surface area contributed by atoms with Crippen LogP contribution >= 0.6 is 35.0 Å². The molecule has 0 bridgehead atoms. The molecule has 37 heavy (non-hydrogen) atoms. The first-order valence-corrected chi connectivity index (χ1v) is 12.6. The molecule has 0 aliphatic carbocycles. The molecule has 11 heteroatoms. The topological polar surface area (TPSA) is 99.0 Å². The van der Waals surface area contributed by atoms with Crippen LogP contribution in [0.25, 0.3) is 6.08 Å². The first-order chi connectivity index (χ1) is 17.8. The molecule has 1 heterocycles. The second kappa shape index (κ2) is 11.7. The summed E-state index contributed by atoms with van der Waals surface area (Å²) < 4.78 is 11.5. The Balaban J connectivity index is 1.52. The Morgan fingerprint density at radius 2 is 1.78 bits per heavy atom. The van der Waals surface area contributed by atoms with E-state index in [1.165, 1.54) is 6.07 Å². The number of amides is 2. The summed E-state index contributed by atoms with van der Waals surface area (Å²) in [5.74, 6) is 0.361. The number of rotatable bonds is 9. The van der Waals surface area contributed by atoms with Gasteiger partial charge in [0.25, 0.3) is 16.8 Å². The van der Waals surface area contributed by atoms with E-state index in [9.17, 15) is 19.7 Å². The second-order valence-electron chi connectivity index (χ2n) is 7.82. The lowest BCUT2D eigenvalue weighted by Crippen LogP contribution is -2.27. The van der Waals surface area contributed by atoms with E-state index in [4.69, 9.17) is 32.7 Å². The minimum atomic E-state index is -0.459. The van der Waals surface area contributed by atoms with Crippen LogP contribution in [-0.4, -0.2) is 27.6 Å². The van der Waals surface area contributed by atoms with Gasteiger partial charge in [0.15, 0.2) is 11.5 Å². The van der Waals surface area contributed by atoms with Gasteiger partial charge in [0.05, 0.1) is 28.5 Å². The Hall–Kier alpha value is -3.53. The van der Waals surface area contributed by atoms with Gasteiger partial charge in [0.2, 0.25) is 0 Å². The first kappa shape index (κ1) is 26.5. The lowest BCUT2D eigenvalue weighted by atomic mass is 10.1. The molecule has 0 unspecified atom stereocenters. The standard InChI is InChI=1S/C26H20Cl2N2O6S/c1-2-35-23-11-16(7-10-22(23)36-15-18-5-3-4-6-21(18)30(33)34)12-24-25(31)29(26(32)37-24)14-17-8-9-19(27)13-20(17)28/h3-13H,2,14-15H2,1H3/b24-12+. The molecule has 0 spiro atoms. The molecule has 0 aromatic heterocycles. The van der Waals surface area contributed by atoms with E-state index in [2.05, 4.69) is 0 Å². The number of nitrogens with zero attached hydrogens (tertiary/aromatic N) is 2. The monoisotopic (exact) mass is 558 g/mol. The molecule has 190 valence electrons. The van der Waals surface area contributed by atoms with Crippen LogP contribution in [0.3, 0.4) is 0 Å². The van der Waals surface area contributed by atoms with Crippen LogP contribution in [0.15, 0.2) is 65.6 Å². The SMILES string of the molecule is CCOc1cc(/C=C2/SC(=O)N(Cc3ccc(Cl)cc3Cl)C2=O)ccc1OCc1ccccc1[N+](=O)[O-]. The average Bonchev–Trinajstić information content (AvgIpc) is 3.12. The summed E-state index contributed by atoms with van der Waals surface area (Å²) in [4.78, 5) is 37.7. The molecule has 1 fully saturated rings. The molecular weight excluding hydrogens is 539 g/mol. The van der Waals surface area contributed by atoms with Crippen LogP contribution in [0, 0.1) is 10.1 Å². The fourth-order valence-electron chi connectivity index (χ4n) is 3.58. The fraction of sp³-hybridized carbons (Fsp3) is 0.154. The lowest BCUT2D eigenvalue weighted by Gasteiger charge is -2.14. The minimum absolute atomic E-state index is 0.0251. The van der Waals surface area contributed by atoms with E-state index in [0.29, 0.717) is 44.8 Å². The van der Waals surface area contributed by atoms with Gasteiger partial charge in [-0.05, 0) is 66.2 Å². The van der Waals surface area contributed by atoms with E-state index in [-0.39, 0.29) is 23.7 Å². The van der Waals surface area contributed by atoms with Crippen LogP contribution in [0.2, 0.25) is 10.0 Å². The second-order valence-corrected chi connectivity index (χ2v) is 9.65. The van der Waals surface area contributed by atoms with E-state index in [1.54, 1.807) is 60.7 Å². The third-order valence-electron chi connectivity index (χ3n) is 5.35. The van der Waals surface area contributed by atoms with E-state index in [1.807, 2.05) is 6.92 Å². The summed E-state index contributed by atoms with van der Waals surface area (Å²) in [6, 6.07) is 16.3. The Kier molecular flexibility index (Phi) is 8.38. The molecule has 2 amide bonds. The summed E-state index contributed by atoms with van der Waals surface area (Å²) in [6.07, 6.45) is 1.60. The zero-order chi connectivity index (χ0) is 26.5. The number of benzene rings is 3. The summed E-state index contributed by atoms with van der Waals surface area (Å²) in [5.41, 5.74) is 1.62. The van der Waals surface area contributed by atoms with Gasteiger partial charge in [0.1, 0.15) is 6.61 Å². The predicted octanol–water partition coefficient (Wildman–Crippen LogP) is 7.12. The van der Waals surface area contributed by atoms with Crippen molar-refractivity contribution in [2.75, 3.05) is 6.61 Å². The molecule has 1 aliphatic rings. The van der Waals surface area contributed by atoms with E-state index < -0.39 is 16.1 Å². The highest BCUT2D eigenvalue weighted by Crippen LogP contribution is 2.36. The van der Waals surface area contributed by atoms with Gasteiger partial charge >= 0.3 is 0 Å². The number of ether oxygens (including phenoxy) is 2. The van der Waals surface area contributed by atoms with Crippen LogP contribution in [0.5, 0.6) is 11.5 Å². The maximum atomic E-state index is 13.0. The number of carbonyl (C=O) groups is 2. The third kappa shape index (κ3) is 6.25. The zero-order valence-electron chi connectivity index (χ0n) is 19.5. The molecular formula is C26H20Cl2N2O6S. The van der Waals surface area contributed by atoms with Crippen LogP contribution in [0.1, 0.15) is 23.6 Å². The van der Waals surface area contributed by atoms with Crippen molar-refractivity contribution in [2.45, 2.75) is 20.1 Å². The predicted molar refractivity (Wildman–Crippen MR) is 143 cm³/mol. The average molecular weight is 559 g/mol. The normalized spacial score (nSPS) is 14.4. The number of carbonyl (C=O) groups excluding carboxylic acids is 2. The van der Waals surface area contributed by atoms with Crippen LogP contribution < -0.4 is 9.47 Å². The molecule has 1 aliphatic heterocycles. The first-order valence-electron chi connectivity index (χ1n) is 11.1. The summed E-state index contributed by atoms with van der Waals surface area (Å²) in [6.45, 7) is 2.17. The Morgan fingerprint density at radius 1 is 1.00 bits per heavy atom. The lowest BCUT2D eigenvalue weighted by molar-refractivity contribution is -0.385. The van der Waals surface area contributed by atoms with E-state index >= 15 is 0 Å². The van der Waals surface area contributed by atoms with Gasteiger partial charge in [0, 0.05) is 16.1 Å². The van der Waals surface area contributed by atoms with Crippen LogP contribution in [-0.2, 0) is 17.9 Å². The highest BCUT2D eigenvalue weighted by atomic mass is 35.5. The molecule has 1 saturated heterocycles. The van der Waals surface area contributed by atoms with Crippen molar-refractivity contribution < 1.29 is 24.0 Å². The number of nitro benzene ring substituents is 1. The molecule has 4 rings (SSSR count). The minimum Gasteiger partial charge on any atom is -0.490 e. The number of halogens is 2. The maximum absolute atomic E-state index is 13.0. The number of para-hydroxylation sites is 1. The van der Waals surface area contributed by atoms with Gasteiger partial charge in [-0.3, -0.25) is 24.6 Å². The van der Waals surface area contributed by atoms with Crippen molar-refractivity contribution in [3.63, 3.8) is 0 Å². The number of thioether (sulfide) groups is 1. The van der Waals surface area contributed by atoms with Crippen molar-refractivity contribution in [2.24, 2.45) is 0 Å². The summed E-state index contributed by atoms with van der Waals surface area (Å²) in [7, 11) is 0. The largest absolute Gasteiger partial charge is 0.490 e. The molecule has 3 aromatic rings. The van der Waals surface area contributed by atoms with Crippen molar-refractivity contribution in [3.05, 3.63) is 102 Å². The highest BCUT2D eigenvalue weighted by molar-refractivity contribution is 8.18. The zero-order valence-corrected chi connectivity index (χ0v) is 21.8.